The van der Waals surface area contributed by atoms with Crippen LogP contribution in [0.5, 0.6) is 0 Å². The van der Waals surface area contributed by atoms with Crippen LogP contribution in [0.2, 0.25) is 0 Å². The molecular formula is C29H31N5O2S. The van der Waals surface area contributed by atoms with E-state index >= 15 is 0 Å². The lowest BCUT2D eigenvalue weighted by atomic mass is 10.0. The maximum Gasteiger partial charge on any atom is 0.257 e. The SMILES string of the molecule is CCC1C=CN(c2ccc(C(=O)NCc3cccc(C(=O)Nc4nc5c(s4)CN(C)CC5)c3)cc2)C=C1. The number of hydrogen-bond acceptors (Lipinski definition) is 6. The van der Waals surface area contributed by atoms with Gasteiger partial charge in [-0.05, 0) is 61.3 Å². The number of rotatable bonds is 7. The van der Waals surface area contributed by atoms with E-state index in [0.29, 0.717) is 28.7 Å². The minimum Gasteiger partial charge on any atom is -0.348 e. The lowest BCUT2D eigenvalue weighted by Crippen LogP contribution is -2.25. The molecule has 5 rings (SSSR count). The molecule has 1 aromatic heterocycles. The molecule has 3 heterocycles. The van der Waals surface area contributed by atoms with Crippen molar-refractivity contribution in [3.8, 4) is 0 Å². The third-order valence-corrected chi connectivity index (χ3v) is 7.67. The van der Waals surface area contributed by atoms with Gasteiger partial charge in [0.05, 0.1) is 5.69 Å². The Kier molecular flexibility index (Phi) is 7.48. The van der Waals surface area contributed by atoms with Crippen molar-refractivity contribution in [1.29, 1.82) is 0 Å². The molecule has 0 saturated carbocycles. The second kappa shape index (κ2) is 11.1. The zero-order valence-electron chi connectivity index (χ0n) is 21.1. The van der Waals surface area contributed by atoms with Gasteiger partial charge in [-0.1, -0.05) is 31.2 Å². The number of allylic oxidation sites excluding steroid dienone is 2. The van der Waals surface area contributed by atoms with Crippen molar-refractivity contribution in [2.75, 3.05) is 23.8 Å². The van der Waals surface area contributed by atoms with Crippen LogP contribution in [0, 0.1) is 5.92 Å². The maximum atomic E-state index is 12.8. The molecule has 2 aromatic carbocycles. The fourth-order valence-corrected chi connectivity index (χ4v) is 5.49. The van der Waals surface area contributed by atoms with Gasteiger partial charge in [0.2, 0.25) is 0 Å². The quantitative estimate of drug-likeness (QED) is 0.455. The molecule has 2 amide bonds. The number of anilines is 2. The molecule has 0 fully saturated rings. The number of aromatic nitrogens is 1. The van der Waals surface area contributed by atoms with Gasteiger partial charge in [0.1, 0.15) is 0 Å². The Labute approximate surface area is 221 Å². The molecule has 0 bridgehead atoms. The average Bonchev–Trinajstić information content (AvgIpc) is 3.33. The molecule has 0 unspecified atom stereocenters. The minimum absolute atomic E-state index is 0.157. The van der Waals surface area contributed by atoms with Crippen LogP contribution in [0.25, 0.3) is 0 Å². The fraction of sp³-hybridized carbons (Fsp3) is 0.276. The minimum atomic E-state index is -0.200. The fourth-order valence-electron chi connectivity index (χ4n) is 4.40. The molecule has 2 aliphatic rings. The molecule has 190 valence electrons. The van der Waals surface area contributed by atoms with E-state index in [0.717, 1.165) is 42.9 Å². The van der Waals surface area contributed by atoms with Gasteiger partial charge in [0, 0.05) is 60.1 Å². The first kappa shape index (κ1) is 24.9. The number of carbonyl (C=O) groups is 2. The van der Waals surface area contributed by atoms with Gasteiger partial charge in [-0.15, -0.1) is 11.3 Å². The Morgan fingerprint density at radius 3 is 2.59 bits per heavy atom. The van der Waals surface area contributed by atoms with Crippen LogP contribution < -0.4 is 15.5 Å². The van der Waals surface area contributed by atoms with Crippen LogP contribution >= 0.6 is 11.3 Å². The first-order valence-corrected chi connectivity index (χ1v) is 13.4. The number of nitrogens with zero attached hydrogens (tertiary/aromatic N) is 3. The van der Waals surface area contributed by atoms with Crippen molar-refractivity contribution in [2.24, 2.45) is 5.92 Å². The molecule has 0 atom stereocenters. The Morgan fingerprint density at radius 2 is 1.84 bits per heavy atom. The molecule has 3 aromatic rings. The largest absolute Gasteiger partial charge is 0.348 e. The summed E-state index contributed by atoms with van der Waals surface area (Å²) in [6.45, 7) is 4.34. The smallest absolute Gasteiger partial charge is 0.257 e. The van der Waals surface area contributed by atoms with Crippen LogP contribution in [0.1, 0.15) is 50.2 Å². The Morgan fingerprint density at radius 1 is 1.05 bits per heavy atom. The highest BCUT2D eigenvalue weighted by Gasteiger charge is 2.19. The molecule has 0 spiro atoms. The number of benzene rings is 2. The third-order valence-electron chi connectivity index (χ3n) is 6.67. The van der Waals surface area contributed by atoms with Gasteiger partial charge in [-0.3, -0.25) is 14.9 Å². The summed E-state index contributed by atoms with van der Waals surface area (Å²) in [5.41, 5.74) is 4.07. The third kappa shape index (κ3) is 5.98. The molecule has 2 N–H and O–H groups in total. The summed E-state index contributed by atoms with van der Waals surface area (Å²) < 4.78 is 0. The zero-order valence-corrected chi connectivity index (χ0v) is 21.9. The summed E-state index contributed by atoms with van der Waals surface area (Å²) in [4.78, 5) is 35.7. The van der Waals surface area contributed by atoms with E-state index in [1.54, 1.807) is 12.1 Å². The first-order chi connectivity index (χ1) is 18.0. The molecule has 2 aliphatic heterocycles. The van der Waals surface area contributed by atoms with Crippen LogP contribution in [0.4, 0.5) is 10.8 Å². The Hall–Kier alpha value is -3.75. The predicted molar refractivity (Wildman–Crippen MR) is 149 cm³/mol. The van der Waals surface area contributed by atoms with Crippen LogP contribution in [-0.2, 0) is 19.5 Å². The summed E-state index contributed by atoms with van der Waals surface area (Å²) in [6, 6.07) is 14.8. The van der Waals surface area contributed by atoms with E-state index in [1.807, 2.05) is 41.3 Å². The number of nitrogens with one attached hydrogen (secondary N) is 2. The molecular weight excluding hydrogens is 482 g/mol. The highest BCUT2D eigenvalue weighted by Crippen LogP contribution is 2.28. The van der Waals surface area contributed by atoms with Crippen LogP contribution in [-0.4, -0.2) is 35.3 Å². The highest BCUT2D eigenvalue weighted by atomic mass is 32.1. The summed E-state index contributed by atoms with van der Waals surface area (Å²) >= 11 is 1.54. The topological polar surface area (TPSA) is 77.6 Å². The monoisotopic (exact) mass is 513 g/mol. The van der Waals surface area contributed by atoms with Crippen molar-refractivity contribution in [3.05, 3.63) is 100 Å². The summed E-state index contributed by atoms with van der Waals surface area (Å²) in [7, 11) is 2.09. The average molecular weight is 514 g/mol. The standard InChI is InChI=1S/C29H31N5O2S/c1-3-20-11-15-34(16-12-20)24-9-7-22(8-10-24)27(35)30-18-21-5-4-6-23(17-21)28(36)32-29-31-25-13-14-33(2)19-26(25)37-29/h4-12,15-17,20H,3,13-14,18-19H2,1-2H3,(H,30,35)(H,31,32,36). The van der Waals surface area contributed by atoms with E-state index in [1.165, 1.54) is 16.2 Å². The van der Waals surface area contributed by atoms with Crippen LogP contribution in [0.15, 0.2) is 73.1 Å². The number of thiazole rings is 1. The van der Waals surface area contributed by atoms with Crippen molar-refractivity contribution < 1.29 is 9.59 Å². The Balaban J connectivity index is 1.16. The predicted octanol–water partition coefficient (Wildman–Crippen LogP) is 5.19. The maximum absolute atomic E-state index is 12.8. The van der Waals surface area contributed by atoms with Gasteiger partial charge in [-0.2, -0.15) is 0 Å². The second-order valence-corrected chi connectivity index (χ2v) is 10.5. The van der Waals surface area contributed by atoms with E-state index < -0.39 is 0 Å². The molecule has 37 heavy (non-hydrogen) atoms. The number of likely N-dealkylation sites (N-methyl/N-ethyl adjacent to an activating group) is 1. The number of carbonyl (C=O) groups excluding carboxylic acids is 2. The van der Waals surface area contributed by atoms with E-state index in [9.17, 15) is 9.59 Å². The summed E-state index contributed by atoms with van der Waals surface area (Å²) in [6.07, 6.45) is 10.5. The Bertz CT molecular complexity index is 1330. The van der Waals surface area contributed by atoms with Gasteiger partial charge in [0.15, 0.2) is 5.13 Å². The number of amides is 2. The van der Waals surface area contributed by atoms with Crippen molar-refractivity contribution in [1.82, 2.24) is 15.2 Å². The van der Waals surface area contributed by atoms with Crippen molar-refractivity contribution in [2.45, 2.75) is 32.9 Å². The second-order valence-electron chi connectivity index (χ2n) is 9.42. The van der Waals surface area contributed by atoms with Gasteiger partial charge in [-0.25, -0.2) is 4.98 Å². The molecule has 0 aliphatic carbocycles. The van der Waals surface area contributed by atoms with E-state index in [4.69, 9.17) is 0 Å². The van der Waals surface area contributed by atoms with Gasteiger partial charge < -0.3 is 15.1 Å². The normalized spacial score (nSPS) is 15.5. The highest BCUT2D eigenvalue weighted by molar-refractivity contribution is 7.15. The van der Waals surface area contributed by atoms with Gasteiger partial charge >= 0.3 is 0 Å². The van der Waals surface area contributed by atoms with E-state index in [2.05, 4.69) is 59.0 Å². The zero-order chi connectivity index (χ0) is 25.8. The lowest BCUT2D eigenvalue weighted by Gasteiger charge is -2.21. The van der Waals surface area contributed by atoms with Gasteiger partial charge in [0.25, 0.3) is 11.8 Å². The van der Waals surface area contributed by atoms with Crippen molar-refractivity contribution >= 4 is 34.0 Å². The molecule has 0 radical (unpaired) electrons. The lowest BCUT2D eigenvalue weighted by molar-refractivity contribution is 0.0950. The molecule has 8 heteroatoms. The summed E-state index contributed by atoms with van der Waals surface area (Å²) in [5, 5.41) is 6.52. The van der Waals surface area contributed by atoms with Crippen LogP contribution in [0.3, 0.4) is 0 Å². The number of hydrogen-bond donors (Lipinski definition) is 2. The summed E-state index contributed by atoms with van der Waals surface area (Å²) in [5.74, 6) is 0.121. The first-order valence-electron chi connectivity index (χ1n) is 12.6. The number of fused-ring (bicyclic) bond motifs is 1. The van der Waals surface area contributed by atoms with E-state index in [-0.39, 0.29) is 11.8 Å². The molecule has 7 nitrogen and oxygen atoms in total. The molecule has 0 saturated heterocycles. The van der Waals surface area contributed by atoms with Crippen molar-refractivity contribution in [3.63, 3.8) is 0 Å².